The summed E-state index contributed by atoms with van der Waals surface area (Å²) in [5, 5.41) is 12.0. The highest BCUT2D eigenvalue weighted by atomic mass is 35.5. The second-order valence-electron chi connectivity index (χ2n) is 3.79. The van der Waals surface area contributed by atoms with Gasteiger partial charge in [0.05, 0.1) is 17.1 Å². The van der Waals surface area contributed by atoms with Crippen molar-refractivity contribution in [2.75, 3.05) is 5.32 Å². The van der Waals surface area contributed by atoms with Gasteiger partial charge in [0.1, 0.15) is 11.8 Å². The molecule has 0 unspecified atom stereocenters. The van der Waals surface area contributed by atoms with E-state index in [1.807, 2.05) is 6.07 Å². The highest BCUT2D eigenvalue weighted by molar-refractivity contribution is 6.33. The highest BCUT2D eigenvalue weighted by Crippen LogP contribution is 2.20. The molecule has 96 valence electrons. The van der Waals surface area contributed by atoms with Crippen LogP contribution < -0.4 is 11.1 Å². The zero-order valence-corrected chi connectivity index (χ0v) is 10.6. The summed E-state index contributed by atoms with van der Waals surface area (Å²) in [4.78, 5) is 11.1. The molecule has 0 radical (unpaired) electrons. The number of halogens is 1. The molecule has 3 N–H and O–H groups in total. The maximum atomic E-state index is 11.1. The molecule has 0 spiro atoms. The van der Waals surface area contributed by atoms with Gasteiger partial charge in [0.2, 0.25) is 11.7 Å². The van der Waals surface area contributed by atoms with Crippen LogP contribution in [0.4, 0.5) is 5.69 Å². The lowest BCUT2D eigenvalue weighted by atomic mass is 10.2. The van der Waals surface area contributed by atoms with Crippen LogP contribution in [-0.4, -0.2) is 5.91 Å². The Bertz CT molecular complexity index is 658. The van der Waals surface area contributed by atoms with Crippen LogP contribution in [0.2, 0.25) is 5.02 Å². The Labute approximate surface area is 114 Å². The predicted molar refractivity (Wildman–Crippen MR) is 70.7 cm³/mol. The van der Waals surface area contributed by atoms with E-state index in [0.29, 0.717) is 23.0 Å². The number of primary amides is 1. The number of benzene rings is 1. The molecular weight excluding hydrogens is 266 g/mol. The molecule has 0 aliphatic carbocycles. The van der Waals surface area contributed by atoms with E-state index in [0.717, 1.165) is 0 Å². The molecule has 0 aliphatic rings. The number of nitrogens with one attached hydrogen (secondary N) is 1. The van der Waals surface area contributed by atoms with E-state index in [1.54, 1.807) is 30.3 Å². The third kappa shape index (κ3) is 3.06. The first-order valence-electron chi connectivity index (χ1n) is 5.42. The van der Waals surface area contributed by atoms with Crippen LogP contribution >= 0.6 is 11.6 Å². The number of nitrogens with two attached hydrogens (primary N) is 1. The first-order chi connectivity index (χ1) is 9.10. The molecule has 2 aromatic rings. The van der Waals surface area contributed by atoms with Gasteiger partial charge in [-0.25, -0.2) is 0 Å². The molecule has 0 bridgehead atoms. The lowest BCUT2D eigenvalue weighted by Gasteiger charge is -2.07. The van der Waals surface area contributed by atoms with Crippen molar-refractivity contribution in [1.82, 2.24) is 0 Å². The number of rotatable bonds is 4. The monoisotopic (exact) mass is 275 g/mol. The van der Waals surface area contributed by atoms with E-state index >= 15 is 0 Å². The van der Waals surface area contributed by atoms with Crippen LogP contribution in [0, 0.1) is 11.3 Å². The maximum Gasteiger partial charge on any atom is 0.250 e. The Morgan fingerprint density at radius 2 is 2.21 bits per heavy atom. The maximum absolute atomic E-state index is 11.1. The Kier molecular flexibility index (Phi) is 3.74. The summed E-state index contributed by atoms with van der Waals surface area (Å²) in [7, 11) is 0. The normalized spacial score (nSPS) is 9.89. The number of hydrogen-bond acceptors (Lipinski definition) is 4. The predicted octanol–water partition coefficient (Wildman–Crippen LogP) is 2.52. The zero-order valence-electron chi connectivity index (χ0n) is 9.81. The van der Waals surface area contributed by atoms with Crippen LogP contribution in [0.5, 0.6) is 0 Å². The summed E-state index contributed by atoms with van der Waals surface area (Å²) in [6.07, 6.45) is 0. The van der Waals surface area contributed by atoms with Gasteiger partial charge in [-0.2, -0.15) is 5.26 Å². The van der Waals surface area contributed by atoms with Crippen LogP contribution in [-0.2, 0) is 6.54 Å². The summed E-state index contributed by atoms with van der Waals surface area (Å²) in [5.41, 5.74) is 6.15. The van der Waals surface area contributed by atoms with Crippen molar-refractivity contribution in [1.29, 1.82) is 5.26 Å². The van der Waals surface area contributed by atoms with Gasteiger partial charge < -0.3 is 15.5 Å². The van der Waals surface area contributed by atoms with Crippen LogP contribution in [0.15, 0.2) is 34.7 Å². The molecule has 6 heteroatoms. The number of anilines is 1. The molecule has 5 nitrogen and oxygen atoms in total. The molecule has 0 saturated carbocycles. The summed E-state index contributed by atoms with van der Waals surface area (Å²) < 4.78 is 5.21. The minimum absolute atomic E-state index is 0.254. The van der Waals surface area contributed by atoms with Gasteiger partial charge in [-0.3, -0.25) is 4.79 Å². The topological polar surface area (TPSA) is 92.0 Å². The molecule has 1 amide bonds. The molecule has 0 aliphatic heterocycles. The highest BCUT2D eigenvalue weighted by Gasteiger charge is 2.08. The number of carbonyl (C=O) groups is 1. The third-order valence-electron chi connectivity index (χ3n) is 2.47. The number of hydrogen-bond donors (Lipinski definition) is 2. The van der Waals surface area contributed by atoms with Crippen LogP contribution in [0.3, 0.4) is 0 Å². The third-order valence-corrected chi connectivity index (χ3v) is 2.80. The van der Waals surface area contributed by atoms with Crippen LogP contribution in [0.1, 0.15) is 21.9 Å². The molecule has 0 saturated heterocycles. The van der Waals surface area contributed by atoms with Crippen molar-refractivity contribution in [3.05, 3.63) is 52.4 Å². The van der Waals surface area contributed by atoms with E-state index in [9.17, 15) is 4.79 Å². The van der Waals surface area contributed by atoms with Crippen molar-refractivity contribution >= 4 is 23.2 Å². The van der Waals surface area contributed by atoms with Crippen LogP contribution in [0.25, 0.3) is 0 Å². The number of carbonyl (C=O) groups excluding carboxylic acids is 1. The van der Waals surface area contributed by atoms with Crippen molar-refractivity contribution in [3.8, 4) is 6.07 Å². The van der Waals surface area contributed by atoms with Gasteiger partial charge in [-0.15, -0.1) is 0 Å². The number of nitrogens with zero attached hydrogens (tertiary/aromatic N) is 1. The lowest BCUT2D eigenvalue weighted by molar-refractivity contribution is 0.100. The Morgan fingerprint density at radius 1 is 1.42 bits per heavy atom. The minimum atomic E-state index is -0.585. The summed E-state index contributed by atoms with van der Waals surface area (Å²) >= 11 is 5.85. The Hall–Kier alpha value is -2.45. The molecule has 0 atom stereocenters. The first kappa shape index (κ1) is 13.0. The summed E-state index contributed by atoms with van der Waals surface area (Å²) in [6, 6.07) is 10.1. The van der Waals surface area contributed by atoms with Gasteiger partial charge in [0.15, 0.2) is 0 Å². The van der Waals surface area contributed by atoms with Crippen molar-refractivity contribution in [2.45, 2.75) is 6.54 Å². The smallest absolute Gasteiger partial charge is 0.250 e. The van der Waals surface area contributed by atoms with E-state index in [1.165, 1.54) is 0 Å². The lowest BCUT2D eigenvalue weighted by Crippen LogP contribution is -2.12. The fraction of sp³-hybridized carbons (Fsp3) is 0.0769. The van der Waals surface area contributed by atoms with Gasteiger partial charge in [0.25, 0.3) is 0 Å². The summed E-state index contributed by atoms with van der Waals surface area (Å²) in [5.74, 6) is 0.288. The molecule has 1 aromatic carbocycles. The molecule has 0 fully saturated rings. The van der Waals surface area contributed by atoms with E-state index < -0.39 is 5.91 Å². The zero-order chi connectivity index (χ0) is 13.8. The van der Waals surface area contributed by atoms with Crippen molar-refractivity contribution in [3.63, 3.8) is 0 Å². The number of amides is 1. The first-order valence-corrected chi connectivity index (χ1v) is 5.80. The number of nitriles is 1. The second-order valence-corrected chi connectivity index (χ2v) is 4.20. The van der Waals surface area contributed by atoms with Gasteiger partial charge >= 0.3 is 0 Å². The van der Waals surface area contributed by atoms with Crippen molar-refractivity contribution in [2.24, 2.45) is 5.73 Å². The van der Waals surface area contributed by atoms with E-state index in [2.05, 4.69) is 5.32 Å². The molecule has 19 heavy (non-hydrogen) atoms. The molecule has 1 heterocycles. The SMILES string of the molecule is N#Cc1ccc(CNc2ccc(Cl)c(C(N)=O)c2)o1. The molecular formula is C13H10ClN3O2. The average molecular weight is 276 g/mol. The quantitative estimate of drug-likeness (QED) is 0.897. The average Bonchev–Trinajstić information content (AvgIpc) is 2.85. The van der Waals surface area contributed by atoms with Gasteiger partial charge in [0, 0.05) is 5.69 Å². The van der Waals surface area contributed by atoms with E-state index in [-0.39, 0.29) is 11.3 Å². The number of furan rings is 1. The standard InChI is InChI=1S/C13H10ClN3O2/c14-12-4-1-8(5-11(12)13(16)18)17-7-10-3-2-9(6-15)19-10/h1-5,17H,7H2,(H2,16,18). The largest absolute Gasteiger partial charge is 0.449 e. The Morgan fingerprint density at radius 3 is 2.84 bits per heavy atom. The second kappa shape index (κ2) is 5.46. The van der Waals surface area contributed by atoms with Crippen molar-refractivity contribution < 1.29 is 9.21 Å². The van der Waals surface area contributed by atoms with Gasteiger partial charge in [-0.05, 0) is 30.3 Å². The van der Waals surface area contributed by atoms with E-state index in [4.69, 9.17) is 27.0 Å². The summed E-state index contributed by atoms with van der Waals surface area (Å²) in [6.45, 7) is 0.390. The fourth-order valence-electron chi connectivity index (χ4n) is 1.55. The minimum Gasteiger partial charge on any atom is -0.449 e. The molecule has 1 aromatic heterocycles. The molecule has 2 rings (SSSR count). The fourth-order valence-corrected chi connectivity index (χ4v) is 1.76. The Balaban J connectivity index is 2.09. The van der Waals surface area contributed by atoms with Gasteiger partial charge in [-0.1, -0.05) is 11.6 Å².